The zero-order chi connectivity index (χ0) is 20.1. The second kappa shape index (κ2) is 8.73. The van der Waals surface area contributed by atoms with Gasteiger partial charge in [0.05, 0.1) is 25.0 Å². The highest BCUT2D eigenvalue weighted by Gasteiger charge is 2.15. The minimum atomic E-state index is -0.363. The number of amides is 1. The summed E-state index contributed by atoms with van der Waals surface area (Å²) in [5.74, 6) is 1.27. The molecular formula is C20H21N3O4S. The lowest BCUT2D eigenvalue weighted by Gasteiger charge is -2.13. The van der Waals surface area contributed by atoms with Gasteiger partial charge >= 0.3 is 0 Å². The predicted molar refractivity (Wildman–Crippen MR) is 109 cm³/mol. The number of ether oxygens (including phenoxy) is 3. The van der Waals surface area contributed by atoms with Crippen LogP contribution >= 0.6 is 11.3 Å². The summed E-state index contributed by atoms with van der Waals surface area (Å²) in [5.41, 5.74) is 8.41. The molecule has 0 aliphatic heterocycles. The van der Waals surface area contributed by atoms with E-state index >= 15 is 0 Å². The molecule has 3 aromatic rings. The fourth-order valence-corrected chi connectivity index (χ4v) is 3.22. The second-order valence-electron chi connectivity index (χ2n) is 6.04. The number of methoxy groups -OCH3 is 2. The Bertz CT molecular complexity index is 987. The Morgan fingerprint density at radius 2 is 2.00 bits per heavy atom. The lowest BCUT2D eigenvalue weighted by Crippen LogP contribution is -2.14. The van der Waals surface area contributed by atoms with Crippen molar-refractivity contribution in [3.8, 4) is 17.2 Å². The van der Waals surface area contributed by atoms with Crippen molar-refractivity contribution in [3.63, 3.8) is 0 Å². The van der Waals surface area contributed by atoms with E-state index in [9.17, 15) is 4.79 Å². The number of nitrogens with zero attached hydrogens (tertiary/aromatic N) is 1. The van der Waals surface area contributed by atoms with E-state index in [1.807, 2.05) is 30.5 Å². The van der Waals surface area contributed by atoms with Crippen molar-refractivity contribution in [2.24, 2.45) is 0 Å². The monoisotopic (exact) mass is 399 g/mol. The zero-order valence-electron chi connectivity index (χ0n) is 15.8. The SMILES string of the molecule is COCc1csc(NC(=O)c2cc(Oc3cc(C)ccc3OC)ccc2N)n1. The number of hydrogen-bond acceptors (Lipinski definition) is 7. The lowest BCUT2D eigenvalue weighted by atomic mass is 10.1. The van der Waals surface area contributed by atoms with E-state index in [1.54, 1.807) is 32.4 Å². The molecule has 28 heavy (non-hydrogen) atoms. The summed E-state index contributed by atoms with van der Waals surface area (Å²) in [5, 5.41) is 5.05. The molecule has 8 heteroatoms. The third kappa shape index (κ3) is 4.59. The summed E-state index contributed by atoms with van der Waals surface area (Å²) in [7, 11) is 3.16. The average Bonchev–Trinajstić information content (AvgIpc) is 3.10. The summed E-state index contributed by atoms with van der Waals surface area (Å²) in [6.07, 6.45) is 0. The first kappa shape index (κ1) is 19.7. The number of nitrogens with one attached hydrogen (secondary N) is 1. The van der Waals surface area contributed by atoms with Gasteiger partial charge in [0, 0.05) is 18.2 Å². The van der Waals surface area contributed by atoms with Gasteiger partial charge in [0.2, 0.25) is 0 Å². The number of rotatable bonds is 7. The number of hydrogen-bond donors (Lipinski definition) is 2. The van der Waals surface area contributed by atoms with Crippen molar-refractivity contribution in [2.75, 3.05) is 25.3 Å². The molecule has 0 aliphatic rings. The Morgan fingerprint density at radius 1 is 1.18 bits per heavy atom. The molecule has 1 amide bonds. The largest absolute Gasteiger partial charge is 0.493 e. The summed E-state index contributed by atoms with van der Waals surface area (Å²) in [6.45, 7) is 2.34. The minimum absolute atomic E-state index is 0.299. The first-order valence-electron chi connectivity index (χ1n) is 8.47. The van der Waals surface area contributed by atoms with Crippen molar-refractivity contribution in [3.05, 3.63) is 58.6 Å². The molecule has 1 aromatic heterocycles. The Morgan fingerprint density at radius 3 is 2.75 bits per heavy atom. The Labute approximate surface area is 167 Å². The fourth-order valence-electron chi connectivity index (χ4n) is 2.53. The van der Waals surface area contributed by atoms with Crippen LogP contribution in [0.5, 0.6) is 17.2 Å². The van der Waals surface area contributed by atoms with E-state index in [4.69, 9.17) is 19.9 Å². The molecule has 1 heterocycles. The number of anilines is 2. The quantitative estimate of drug-likeness (QED) is 0.577. The van der Waals surface area contributed by atoms with Crippen molar-refractivity contribution >= 4 is 28.1 Å². The Kier molecular flexibility index (Phi) is 6.13. The molecule has 0 fully saturated rings. The van der Waals surface area contributed by atoms with Gasteiger partial charge in [0.1, 0.15) is 5.75 Å². The first-order valence-corrected chi connectivity index (χ1v) is 9.35. The molecule has 0 saturated heterocycles. The van der Waals surface area contributed by atoms with E-state index in [-0.39, 0.29) is 5.91 Å². The van der Waals surface area contributed by atoms with Crippen LogP contribution in [0.3, 0.4) is 0 Å². The third-order valence-corrected chi connectivity index (χ3v) is 4.69. The van der Waals surface area contributed by atoms with Crippen LogP contribution in [-0.4, -0.2) is 25.1 Å². The fraction of sp³-hybridized carbons (Fsp3) is 0.200. The highest BCUT2D eigenvalue weighted by atomic mass is 32.1. The molecule has 0 radical (unpaired) electrons. The summed E-state index contributed by atoms with van der Waals surface area (Å²) in [4.78, 5) is 16.9. The molecule has 146 valence electrons. The Hall–Kier alpha value is -3.10. The second-order valence-corrected chi connectivity index (χ2v) is 6.89. The average molecular weight is 399 g/mol. The molecule has 0 spiro atoms. The smallest absolute Gasteiger partial charge is 0.259 e. The summed E-state index contributed by atoms with van der Waals surface area (Å²) >= 11 is 1.32. The number of nitrogens with two attached hydrogens (primary N) is 1. The number of carbonyl (C=O) groups is 1. The summed E-state index contributed by atoms with van der Waals surface area (Å²) < 4.78 is 16.3. The number of nitrogen functional groups attached to an aromatic ring is 1. The Balaban J connectivity index is 1.81. The number of carbonyl (C=O) groups excluding carboxylic acids is 1. The van der Waals surface area contributed by atoms with Crippen LogP contribution in [0.2, 0.25) is 0 Å². The molecule has 0 bridgehead atoms. The van der Waals surface area contributed by atoms with Crippen LogP contribution in [0.15, 0.2) is 41.8 Å². The highest BCUT2D eigenvalue weighted by molar-refractivity contribution is 7.14. The van der Waals surface area contributed by atoms with Crippen LogP contribution in [0.1, 0.15) is 21.6 Å². The molecule has 2 aromatic carbocycles. The third-order valence-electron chi connectivity index (χ3n) is 3.88. The molecule has 0 saturated carbocycles. The summed E-state index contributed by atoms with van der Waals surface area (Å²) in [6, 6.07) is 10.5. The number of benzene rings is 2. The molecule has 7 nitrogen and oxygen atoms in total. The first-order chi connectivity index (χ1) is 13.5. The van der Waals surface area contributed by atoms with Gasteiger partial charge in [0.25, 0.3) is 5.91 Å². The van der Waals surface area contributed by atoms with Crippen molar-refractivity contribution in [1.82, 2.24) is 4.98 Å². The molecule has 0 aliphatic carbocycles. The van der Waals surface area contributed by atoms with Gasteiger partial charge in [-0.25, -0.2) is 4.98 Å². The maximum absolute atomic E-state index is 12.6. The lowest BCUT2D eigenvalue weighted by molar-refractivity contribution is 0.102. The van der Waals surface area contributed by atoms with Crippen LogP contribution in [0.25, 0.3) is 0 Å². The van der Waals surface area contributed by atoms with Gasteiger partial charge in [-0.05, 0) is 42.8 Å². The number of thiazole rings is 1. The van der Waals surface area contributed by atoms with Crippen molar-refractivity contribution in [2.45, 2.75) is 13.5 Å². The van der Waals surface area contributed by atoms with Crippen molar-refractivity contribution in [1.29, 1.82) is 0 Å². The van der Waals surface area contributed by atoms with Crippen LogP contribution in [0, 0.1) is 6.92 Å². The van der Waals surface area contributed by atoms with Gasteiger partial charge in [-0.15, -0.1) is 11.3 Å². The van der Waals surface area contributed by atoms with E-state index in [2.05, 4.69) is 10.3 Å². The van der Waals surface area contributed by atoms with Crippen LogP contribution in [0.4, 0.5) is 10.8 Å². The van der Waals surface area contributed by atoms with Gasteiger partial charge in [-0.1, -0.05) is 6.07 Å². The number of aryl methyl sites for hydroxylation is 1. The van der Waals surface area contributed by atoms with Gasteiger partial charge in [-0.3, -0.25) is 10.1 Å². The predicted octanol–water partition coefficient (Wildman–Crippen LogP) is 4.23. The normalized spacial score (nSPS) is 10.5. The standard InChI is InChI=1S/C20H21N3O4S/c1-12-4-7-17(26-3)18(8-12)27-14-5-6-16(21)15(9-14)19(24)23-20-22-13(10-25-2)11-28-20/h4-9,11H,10,21H2,1-3H3,(H,22,23,24). The van der Waals surface area contributed by atoms with E-state index in [1.165, 1.54) is 11.3 Å². The van der Waals surface area contributed by atoms with Gasteiger partial charge < -0.3 is 19.9 Å². The highest BCUT2D eigenvalue weighted by Crippen LogP contribution is 2.33. The number of aromatic nitrogens is 1. The molecule has 3 rings (SSSR count). The van der Waals surface area contributed by atoms with Gasteiger partial charge in [-0.2, -0.15) is 0 Å². The van der Waals surface area contributed by atoms with E-state index in [0.29, 0.717) is 40.2 Å². The van der Waals surface area contributed by atoms with Crippen LogP contribution < -0.4 is 20.5 Å². The van der Waals surface area contributed by atoms with Gasteiger partial charge in [0.15, 0.2) is 16.6 Å². The molecular weight excluding hydrogens is 378 g/mol. The van der Waals surface area contributed by atoms with Crippen molar-refractivity contribution < 1.29 is 19.0 Å². The van der Waals surface area contributed by atoms with E-state index in [0.717, 1.165) is 11.3 Å². The maximum atomic E-state index is 12.6. The zero-order valence-corrected chi connectivity index (χ0v) is 16.6. The molecule has 0 atom stereocenters. The minimum Gasteiger partial charge on any atom is -0.493 e. The molecule has 0 unspecified atom stereocenters. The molecule has 3 N–H and O–H groups in total. The van der Waals surface area contributed by atoms with Crippen LogP contribution in [-0.2, 0) is 11.3 Å². The maximum Gasteiger partial charge on any atom is 0.259 e. The topological polar surface area (TPSA) is 95.7 Å². The van der Waals surface area contributed by atoms with E-state index < -0.39 is 0 Å².